The van der Waals surface area contributed by atoms with Gasteiger partial charge in [-0.2, -0.15) is 0 Å². The van der Waals surface area contributed by atoms with Gasteiger partial charge in [-0.25, -0.2) is 0 Å². The Kier molecular flexibility index (Phi) is 4.55. The summed E-state index contributed by atoms with van der Waals surface area (Å²) in [5.74, 6) is -0.512. The maximum Gasteiger partial charge on any atom is 0.314 e. The molecule has 5 nitrogen and oxygen atoms in total. The zero-order valence-electron chi connectivity index (χ0n) is 9.12. The van der Waals surface area contributed by atoms with Gasteiger partial charge in [0.05, 0.1) is 19.7 Å². The van der Waals surface area contributed by atoms with Gasteiger partial charge in [0, 0.05) is 0 Å². The smallest absolute Gasteiger partial charge is 0.314 e. The van der Waals surface area contributed by atoms with Crippen LogP contribution in [0, 0.1) is 5.92 Å². The van der Waals surface area contributed by atoms with E-state index in [2.05, 4.69) is 0 Å². The van der Waals surface area contributed by atoms with Gasteiger partial charge in [-0.05, 0) is 19.8 Å². The molecule has 0 aromatic heterocycles. The minimum atomic E-state index is -0.311. The molecule has 0 aromatic carbocycles. The van der Waals surface area contributed by atoms with Crippen molar-refractivity contribution in [3.05, 3.63) is 0 Å². The van der Waals surface area contributed by atoms with Gasteiger partial charge in [-0.15, -0.1) is 0 Å². The molecule has 0 spiro atoms. The summed E-state index contributed by atoms with van der Waals surface area (Å²) < 4.78 is 4.97. The van der Waals surface area contributed by atoms with Gasteiger partial charge < -0.3 is 15.4 Å². The van der Waals surface area contributed by atoms with Gasteiger partial charge in [0.25, 0.3) is 5.91 Å². The normalized spacial score (nSPS) is 25.9. The Morgan fingerprint density at radius 3 is 2.87 bits per heavy atom. The van der Waals surface area contributed by atoms with Crippen molar-refractivity contribution in [1.29, 1.82) is 0 Å². The largest absolute Gasteiger partial charge is 0.466 e. The number of nitrogens with one attached hydrogen (secondary N) is 1. The zero-order chi connectivity index (χ0) is 11.3. The molecular weight excluding hydrogens is 196 g/mol. The van der Waals surface area contributed by atoms with Crippen LogP contribution in [0.5, 0.6) is 0 Å². The molecule has 5 heteroatoms. The molecule has 3 N–H and O–H groups in total. The van der Waals surface area contributed by atoms with Crippen molar-refractivity contribution in [2.45, 2.75) is 19.8 Å². The number of carbonyl (C=O) groups excluding carboxylic acids is 2. The maximum atomic E-state index is 11.5. The van der Waals surface area contributed by atoms with E-state index in [1.165, 1.54) is 0 Å². The lowest BCUT2D eigenvalue weighted by molar-refractivity contribution is -0.899. The van der Waals surface area contributed by atoms with E-state index in [0.29, 0.717) is 19.7 Å². The first kappa shape index (κ1) is 12.0. The lowest BCUT2D eigenvalue weighted by Gasteiger charge is -2.27. The first-order valence-corrected chi connectivity index (χ1v) is 5.42. The predicted molar refractivity (Wildman–Crippen MR) is 54.1 cm³/mol. The number of hydrogen-bond donors (Lipinski definition) is 2. The average Bonchev–Trinajstić information content (AvgIpc) is 2.17. The maximum absolute atomic E-state index is 11.5. The lowest BCUT2D eigenvalue weighted by Crippen LogP contribution is -3.14. The van der Waals surface area contributed by atoms with E-state index in [1.807, 2.05) is 0 Å². The van der Waals surface area contributed by atoms with Crippen molar-refractivity contribution >= 4 is 11.9 Å². The fourth-order valence-corrected chi connectivity index (χ4v) is 2.02. The first-order valence-electron chi connectivity index (χ1n) is 5.42. The summed E-state index contributed by atoms with van der Waals surface area (Å²) in [6.07, 6.45) is 1.81. The highest BCUT2D eigenvalue weighted by atomic mass is 16.5. The van der Waals surface area contributed by atoms with Crippen LogP contribution in [0.2, 0.25) is 0 Å². The van der Waals surface area contributed by atoms with E-state index in [1.54, 1.807) is 6.92 Å². The van der Waals surface area contributed by atoms with Gasteiger partial charge in [0.1, 0.15) is 5.92 Å². The number of nitrogens with two attached hydrogens (primary N) is 1. The van der Waals surface area contributed by atoms with Crippen molar-refractivity contribution in [3.8, 4) is 0 Å². The molecule has 2 atom stereocenters. The molecule has 1 rings (SSSR count). The third-order valence-electron chi connectivity index (χ3n) is 2.66. The monoisotopic (exact) mass is 215 g/mol. The number of carbonyl (C=O) groups is 2. The number of ether oxygens (including phenoxy) is 1. The topological polar surface area (TPSA) is 73.8 Å². The molecular formula is C10H19N2O3+. The van der Waals surface area contributed by atoms with Crippen LogP contribution in [0.15, 0.2) is 0 Å². The Hall–Kier alpha value is -1.10. The van der Waals surface area contributed by atoms with Crippen LogP contribution in [0.25, 0.3) is 0 Å². The van der Waals surface area contributed by atoms with E-state index in [0.717, 1.165) is 24.3 Å². The molecule has 1 heterocycles. The summed E-state index contributed by atoms with van der Waals surface area (Å²) in [7, 11) is 0. The summed E-state index contributed by atoms with van der Waals surface area (Å²) >= 11 is 0. The summed E-state index contributed by atoms with van der Waals surface area (Å²) in [5, 5.41) is 0. The Labute approximate surface area is 89.6 Å². The highest BCUT2D eigenvalue weighted by Crippen LogP contribution is 2.09. The molecule has 0 aromatic rings. The van der Waals surface area contributed by atoms with E-state index in [4.69, 9.17) is 10.5 Å². The SMILES string of the molecule is CCOC(=O)[C@H]1CCC[NH+](CC(N)=O)C1. The number of amides is 1. The fourth-order valence-electron chi connectivity index (χ4n) is 2.02. The van der Waals surface area contributed by atoms with Crippen LogP contribution in [-0.2, 0) is 14.3 Å². The van der Waals surface area contributed by atoms with Gasteiger partial charge in [-0.1, -0.05) is 0 Å². The second kappa shape index (κ2) is 5.70. The molecule has 0 aliphatic carbocycles. The van der Waals surface area contributed by atoms with E-state index >= 15 is 0 Å². The number of hydrogen-bond acceptors (Lipinski definition) is 3. The van der Waals surface area contributed by atoms with Crippen LogP contribution < -0.4 is 10.6 Å². The van der Waals surface area contributed by atoms with E-state index in [9.17, 15) is 9.59 Å². The number of esters is 1. The summed E-state index contributed by atoms with van der Waals surface area (Å²) in [5.41, 5.74) is 5.13. The lowest BCUT2D eigenvalue weighted by atomic mass is 9.98. The fraction of sp³-hybridized carbons (Fsp3) is 0.800. The molecule has 0 radical (unpaired) electrons. The molecule has 15 heavy (non-hydrogen) atoms. The highest BCUT2D eigenvalue weighted by molar-refractivity contribution is 5.75. The molecule has 86 valence electrons. The van der Waals surface area contributed by atoms with E-state index < -0.39 is 0 Å². The molecule has 0 saturated carbocycles. The number of piperidine rings is 1. The Morgan fingerprint density at radius 2 is 2.27 bits per heavy atom. The zero-order valence-corrected chi connectivity index (χ0v) is 9.12. The van der Waals surface area contributed by atoms with Gasteiger partial charge in [-0.3, -0.25) is 9.59 Å². The number of primary amides is 1. The summed E-state index contributed by atoms with van der Waals surface area (Å²) in [4.78, 5) is 23.3. The Bertz CT molecular complexity index is 243. The highest BCUT2D eigenvalue weighted by Gasteiger charge is 2.30. The quantitative estimate of drug-likeness (QED) is 0.551. The Morgan fingerprint density at radius 1 is 1.53 bits per heavy atom. The summed E-state index contributed by atoms with van der Waals surface area (Å²) in [6, 6.07) is 0. The molecule has 1 amide bonds. The molecule has 1 unspecified atom stereocenters. The van der Waals surface area contributed by atoms with Gasteiger partial charge >= 0.3 is 5.97 Å². The van der Waals surface area contributed by atoms with Crippen molar-refractivity contribution in [2.75, 3.05) is 26.2 Å². The summed E-state index contributed by atoms with van der Waals surface area (Å²) in [6.45, 7) is 4.12. The van der Waals surface area contributed by atoms with Crippen LogP contribution in [-0.4, -0.2) is 38.1 Å². The minimum absolute atomic E-state index is 0.0620. The number of likely N-dealkylation sites (tertiary alicyclic amines) is 1. The Balaban J connectivity index is 2.41. The molecule has 1 fully saturated rings. The number of quaternary nitrogens is 1. The van der Waals surface area contributed by atoms with Crippen molar-refractivity contribution in [3.63, 3.8) is 0 Å². The standard InChI is InChI=1S/C10H18N2O3/c1-2-15-10(14)8-4-3-5-12(6-8)7-9(11)13/h8H,2-7H2,1H3,(H2,11,13)/p+1/t8-/m0/s1. The third kappa shape index (κ3) is 3.87. The van der Waals surface area contributed by atoms with E-state index in [-0.39, 0.29) is 17.8 Å². The average molecular weight is 215 g/mol. The second-order valence-electron chi connectivity index (χ2n) is 3.94. The van der Waals surface area contributed by atoms with Gasteiger partial charge in [0.2, 0.25) is 0 Å². The molecule has 0 bridgehead atoms. The van der Waals surface area contributed by atoms with Gasteiger partial charge in [0.15, 0.2) is 6.54 Å². The van der Waals surface area contributed by atoms with Crippen LogP contribution >= 0.6 is 0 Å². The second-order valence-corrected chi connectivity index (χ2v) is 3.94. The molecule has 1 aliphatic heterocycles. The van der Waals surface area contributed by atoms with Crippen molar-refractivity contribution < 1.29 is 19.2 Å². The van der Waals surface area contributed by atoms with Crippen LogP contribution in [0.4, 0.5) is 0 Å². The molecule has 1 aliphatic rings. The molecule has 1 saturated heterocycles. The van der Waals surface area contributed by atoms with Crippen molar-refractivity contribution in [2.24, 2.45) is 11.7 Å². The first-order chi connectivity index (χ1) is 7.13. The van der Waals surface area contributed by atoms with Crippen molar-refractivity contribution in [1.82, 2.24) is 0 Å². The minimum Gasteiger partial charge on any atom is -0.466 e. The number of rotatable bonds is 4. The van der Waals surface area contributed by atoms with Crippen LogP contribution in [0.3, 0.4) is 0 Å². The predicted octanol–water partition coefficient (Wildman–Crippen LogP) is -1.67. The third-order valence-corrected chi connectivity index (χ3v) is 2.66. The van der Waals surface area contributed by atoms with Crippen LogP contribution in [0.1, 0.15) is 19.8 Å².